The number of nitrogens with zero attached hydrogens (tertiary/aromatic N) is 6. The number of anilines is 1. The number of carbonyl (C=O) groups is 1. The van der Waals surface area contributed by atoms with E-state index in [4.69, 9.17) is 9.15 Å². The van der Waals surface area contributed by atoms with Gasteiger partial charge in [0.15, 0.2) is 0 Å². The monoisotopic (exact) mass is 488 g/mol. The maximum atomic E-state index is 14.0. The van der Waals surface area contributed by atoms with Crippen LogP contribution in [0.3, 0.4) is 0 Å². The molecule has 35 heavy (non-hydrogen) atoms. The molecule has 0 radical (unpaired) electrons. The van der Waals surface area contributed by atoms with E-state index in [9.17, 15) is 18.0 Å². The number of urea groups is 1. The smallest absolute Gasteiger partial charge is 0.324 e. The van der Waals surface area contributed by atoms with Gasteiger partial charge >= 0.3 is 12.5 Å². The molecule has 0 aliphatic carbocycles. The number of rotatable bonds is 6. The van der Waals surface area contributed by atoms with Crippen molar-refractivity contribution in [1.82, 2.24) is 25.0 Å². The summed E-state index contributed by atoms with van der Waals surface area (Å²) in [5.74, 6) is -1.30. The second kappa shape index (κ2) is 10.0. The van der Waals surface area contributed by atoms with Crippen molar-refractivity contribution in [2.75, 3.05) is 44.3 Å². The molecule has 0 atom stereocenters. The highest BCUT2D eigenvalue weighted by molar-refractivity contribution is 5.92. The fourth-order valence-electron chi connectivity index (χ4n) is 4.04. The van der Waals surface area contributed by atoms with Crippen LogP contribution in [0.5, 0.6) is 0 Å². The fraction of sp³-hybridized carbons (Fsp3) is 0.391. The summed E-state index contributed by atoms with van der Waals surface area (Å²) in [6.45, 7) is 4.12. The van der Waals surface area contributed by atoms with E-state index in [1.807, 2.05) is 0 Å². The van der Waals surface area contributed by atoms with Crippen molar-refractivity contribution in [3.63, 3.8) is 0 Å². The molecule has 4 heterocycles. The minimum Gasteiger partial charge on any atom is -0.415 e. The van der Waals surface area contributed by atoms with Crippen LogP contribution in [0, 0.1) is 5.82 Å². The molecule has 2 fully saturated rings. The summed E-state index contributed by atoms with van der Waals surface area (Å²) in [6, 6.07) is 9.23. The lowest BCUT2D eigenvalue weighted by molar-refractivity contribution is -0.0738. The van der Waals surface area contributed by atoms with Crippen LogP contribution in [0.2, 0.25) is 0 Å². The zero-order valence-corrected chi connectivity index (χ0v) is 18.7. The first kappa shape index (κ1) is 23.2. The third-order valence-corrected chi connectivity index (χ3v) is 6.09. The molecule has 0 bridgehead atoms. The number of alkyl halides is 2. The number of pyridine rings is 1. The highest BCUT2D eigenvalue weighted by Gasteiger charge is 2.32. The van der Waals surface area contributed by atoms with Crippen LogP contribution < -0.4 is 4.90 Å². The second-order valence-corrected chi connectivity index (χ2v) is 8.35. The van der Waals surface area contributed by atoms with Crippen LogP contribution in [0.15, 0.2) is 47.0 Å². The van der Waals surface area contributed by atoms with Gasteiger partial charge in [0.1, 0.15) is 5.82 Å². The maximum Gasteiger partial charge on any atom is 0.324 e. The molecule has 2 amide bonds. The molecule has 184 valence electrons. The van der Waals surface area contributed by atoms with Crippen molar-refractivity contribution in [3.05, 3.63) is 60.0 Å². The summed E-state index contributed by atoms with van der Waals surface area (Å²) in [5, 5.41) is 6.92. The number of benzene rings is 1. The molecule has 2 aromatic heterocycles. The Labute approximate surface area is 199 Å². The van der Waals surface area contributed by atoms with E-state index in [-0.39, 0.29) is 18.5 Å². The van der Waals surface area contributed by atoms with Crippen molar-refractivity contribution < 1.29 is 27.1 Å². The molecule has 2 saturated heterocycles. The standard InChI is InChI=1S/C23H23F3N6O3/c24-16-2-1-3-18(10-16)32(23(33)31-8-6-30(7-9-31)19-13-34-14-19)12-17-5-4-15(11-27-17)21-28-29-22(35-21)20(25)26/h1-5,10-11,19-20H,6-9,12-14H2. The molecule has 0 spiro atoms. The molecule has 0 N–H and O–H groups in total. The van der Waals surface area contributed by atoms with Crippen molar-refractivity contribution in [3.8, 4) is 11.5 Å². The second-order valence-electron chi connectivity index (χ2n) is 8.35. The third kappa shape index (κ3) is 5.13. The van der Waals surface area contributed by atoms with Gasteiger partial charge in [-0.05, 0) is 30.3 Å². The van der Waals surface area contributed by atoms with Gasteiger partial charge in [-0.15, -0.1) is 10.2 Å². The van der Waals surface area contributed by atoms with Gasteiger partial charge in [0.2, 0.25) is 5.89 Å². The summed E-state index contributed by atoms with van der Waals surface area (Å²) in [7, 11) is 0. The van der Waals surface area contributed by atoms with Crippen LogP contribution in [-0.2, 0) is 11.3 Å². The number of ether oxygens (including phenoxy) is 1. The van der Waals surface area contributed by atoms with Crippen molar-refractivity contribution in [2.45, 2.75) is 19.0 Å². The maximum absolute atomic E-state index is 14.0. The van der Waals surface area contributed by atoms with Gasteiger partial charge in [-0.1, -0.05) is 6.07 Å². The lowest BCUT2D eigenvalue weighted by Gasteiger charge is -2.43. The first-order valence-corrected chi connectivity index (χ1v) is 11.2. The Balaban J connectivity index is 1.32. The Morgan fingerprint density at radius 2 is 1.91 bits per heavy atom. The average molecular weight is 488 g/mol. The largest absolute Gasteiger partial charge is 0.415 e. The molecule has 5 rings (SSSR count). The van der Waals surface area contributed by atoms with E-state index in [0.717, 1.165) is 26.3 Å². The molecule has 1 aromatic carbocycles. The van der Waals surface area contributed by atoms with Crippen LogP contribution in [-0.4, -0.2) is 76.4 Å². The number of hydrogen-bond donors (Lipinski definition) is 0. The molecule has 2 aliphatic rings. The Morgan fingerprint density at radius 1 is 1.11 bits per heavy atom. The number of piperazine rings is 1. The quantitative estimate of drug-likeness (QED) is 0.526. The molecule has 3 aromatic rings. The number of amides is 2. The molecule has 0 saturated carbocycles. The average Bonchev–Trinajstić information content (AvgIpc) is 3.33. The summed E-state index contributed by atoms with van der Waals surface area (Å²) in [4.78, 5) is 23.4. The van der Waals surface area contributed by atoms with Gasteiger partial charge in [0.25, 0.3) is 5.89 Å². The predicted molar refractivity (Wildman–Crippen MR) is 118 cm³/mol. The molecule has 12 heteroatoms. The van der Waals surface area contributed by atoms with Crippen LogP contribution in [0.4, 0.5) is 23.7 Å². The highest BCUT2D eigenvalue weighted by atomic mass is 19.3. The summed E-state index contributed by atoms with van der Waals surface area (Å²) >= 11 is 0. The minimum absolute atomic E-state index is 0.0767. The Kier molecular flexibility index (Phi) is 6.64. The minimum atomic E-state index is -2.86. The highest BCUT2D eigenvalue weighted by Crippen LogP contribution is 2.25. The van der Waals surface area contributed by atoms with E-state index >= 15 is 0 Å². The van der Waals surface area contributed by atoms with Crippen LogP contribution >= 0.6 is 0 Å². The lowest BCUT2D eigenvalue weighted by Crippen LogP contribution is -2.59. The van der Waals surface area contributed by atoms with E-state index in [1.54, 1.807) is 29.2 Å². The normalized spacial score (nSPS) is 17.0. The molecule has 9 nitrogen and oxygen atoms in total. The molecule has 2 aliphatic heterocycles. The lowest BCUT2D eigenvalue weighted by atomic mass is 10.2. The van der Waals surface area contributed by atoms with Gasteiger partial charge in [-0.3, -0.25) is 14.8 Å². The zero-order valence-electron chi connectivity index (χ0n) is 18.7. The van der Waals surface area contributed by atoms with Gasteiger partial charge in [0.05, 0.1) is 37.1 Å². The van der Waals surface area contributed by atoms with Crippen molar-refractivity contribution in [2.24, 2.45) is 0 Å². The van der Waals surface area contributed by atoms with E-state index in [0.29, 0.717) is 36.1 Å². The summed E-state index contributed by atoms with van der Waals surface area (Å²) in [6.07, 6.45) is -1.45. The zero-order chi connectivity index (χ0) is 24.4. The van der Waals surface area contributed by atoms with Gasteiger partial charge < -0.3 is 14.1 Å². The van der Waals surface area contributed by atoms with Crippen molar-refractivity contribution >= 4 is 11.7 Å². The first-order valence-electron chi connectivity index (χ1n) is 11.2. The molecular formula is C23H23F3N6O3. The SMILES string of the molecule is O=C(N1CCN(C2COC2)CC1)N(Cc1ccc(-c2nnc(C(F)F)o2)cn1)c1cccc(F)c1. The number of carbonyl (C=O) groups excluding carboxylic acids is 1. The molecule has 0 unspecified atom stereocenters. The topological polar surface area (TPSA) is 87.8 Å². The van der Waals surface area contributed by atoms with E-state index in [2.05, 4.69) is 20.1 Å². The van der Waals surface area contributed by atoms with Crippen LogP contribution in [0.25, 0.3) is 11.5 Å². The van der Waals surface area contributed by atoms with Gasteiger partial charge in [-0.25, -0.2) is 9.18 Å². The molecular weight excluding hydrogens is 465 g/mol. The summed E-state index contributed by atoms with van der Waals surface area (Å²) < 4.78 is 49.6. The van der Waals surface area contributed by atoms with E-state index in [1.165, 1.54) is 23.2 Å². The number of hydrogen-bond acceptors (Lipinski definition) is 7. The summed E-state index contributed by atoms with van der Waals surface area (Å²) in [5.41, 5.74) is 1.30. The Hall–Kier alpha value is -3.51. The van der Waals surface area contributed by atoms with Gasteiger partial charge in [-0.2, -0.15) is 8.78 Å². The number of aromatic nitrogens is 3. The van der Waals surface area contributed by atoms with Crippen molar-refractivity contribution in [1.29, 1.82) is 0 Å². The Bertz CT molecular complexity index is 1160. The van der Waals surface area contributed by atoms with E-state index < -0.39 is 18.1 Å². The Morgan fingerprint density at radius 3 is 2.51 bits per heavy atom. The number of halogens is 3. The van der Waals surface area contributed by atoms with Crippen LogP contribution in [0.1, 0.15) is 18.0 Å². The first-order chi connectivity index (χ1) is 17.0. The van der Waals surface area contributed by atoms with Gasteiger partial charge in [0, 0.05) is 38.1 Å². The predicted octanol–water partition coefficient (Wildman–Crippen LogP) is 3.35. The fourth-order valence-corrected chi connectivity index (χ4v) is 4.04. The third-order valence-electron chi connectivity index (χ3n) is 6.09.